The molecular formula is C14H16N2O2. The molecule has 0 atom stereocenters. The van der Waals surface area contributed by atoms with Crippen LogP contribution in [0.4, 0.5) is 11.4 Å². The minimum atomic E-state index is -0.0303. The first-order valence-corrected chi connectivity index (χ1v) is 5.68. The van der Waals surface area contributed by atoms with E-state index >= 15 is 0 Å². The van der Waals surface area contributed by atoms with E-state index in [0.29, 0.717) is 0 Å². The summed E-state index contributed by atoms with van der Waals surface area (Å²) in [6.45, 7) is -0.0303. The molecule has 0 fully saturated rings. The quantitative estimate of drug-likeness (QED) is 0.896. The Morgan fingerprint density at radius 2 is 2.17 bits per heavy atom. The standard InChI is InChI=1S/C14H16N2O2/c1-16(12-4-3-5-13(8-12)18-2)14-6-7-15-9-11(14)10-17/h3-9,17H,10H2,1-2H3. The van der Waals surface area contributed by atoms with Crippen molar-refractivity contribution in [2.24, 2.45) is 0 Å². The Balaban J connectivity index is 2.37. The van der Waals surface area contributed by atoms with Crippen molar-refractivity contribution in [2.75, 3.05) is 19.1 Å². The average molecular weight is 244 g/mol. The van der Waals surface area contributed by atoms with Gasteiger partial charge < -0.3 is 14.7 Å². The third-order valence-corrected chi connectivity index (χ3v) is 2.85. The Morgan fingerprint density at radius 1 is 1.33 bits per heavy atom. The number of nitrogens with zero attached hydrogens (tertiary/aromatic N) is 2. The number of aliphatic hydroxyl groups excluding tert-OH is 1. The van der Waals surface area contributed by atoms with Crippen LogP contribution in [0, 0.1) is 0 Å². The predicted molar refractivity (Wildman–Crippen MR) is 71.2 cm³/mol. The van der Waals surface area contributed by atoms with Crippen molar-refractivity contribution >= 4 is 11.4 Å². The molecule has 0 amide bonds. The van der Waals surface area contributed by atoms with E-state index in [1.807, 2.05) is 42.3 Å². The maximum atomic E-state index is 9.32. The molecule has 0 saturated carbocycles. The molecule has 0 saturated heterocycles. The van der Waals surface area contributed by atoms with Crippen molar-refractivity contribution in [1.82, 2.24) is 4.98 Å². The Hall–Kier alpha value is -2.07. The largest absolute Gasteiger partial charge is 0.497 e. The second kappa shape index (κ2) is 5.51. The molecule has 0 aliphatic heterocycles. The molecule has 2 aromatic rings. The Bertz CT molecular complexity index is 529. The van der Waals surface area contributed by atoms with E-state index < -0.39 is 0 Å². The topological polar surface area (TPSA) is 45.6 Å². The van der Waals surface area contributed by atoms with Crippen LogP contribution in [0.15, 0.2) is 42.7 Å². The Labute approximate surface area is 106 Å². The molecule has 0 aliphatic rings. The monoisotopic (exact) mass is 244 g/mol. The van der Waals surface area contributed by atoms with Gasteiger partial charge in [-0.05, 0) is 18.2 Å². The van der Waals surface area contributed by atoms with E-state index in [1.54, 1.807) is 19.5 Å². The number of aromatic nitrogens is 1. The summed E-state index contributed by atoms with van der Waals surface area (Å²) >= 11 is 0. The molecule has 0 bridgehead atoms. The van der Waals surface area contributed by atoms with Gasteiger partial charge in [-0.1, -0.05) is 6.07 Å². The molecule has 0 unspecified atom stereocenters. The summed E-state index contributed by atoms with van der Waals surface area (Å²) in [5, 5.41) is 9.32. The minimum absolute atomic E-state index is 0.0303. The van der Waals surface area contributed by atoms with E-state index in [0.717, 1.165) is 22.7 Å². The molecule has 1 heterocycles. The van der Waals surface area contributed by atoms with Gasteiger partial charge in [0.15, 0.2) is 0 Å². The third-order valence-electron chi connectivity index (χ3n) is 2.85. The van der Waals surface area contributed by atoms with Gasteiger partial charge >= 0.3 is 0 Å². The van der Waals surface area contributed by atoms with Gasteiger partial charge in [0.2, 0.25) is 0 Å². The lowest BCUT2D eigenvalue weighted by atomic mass is 10.2. The first-order chi connectivity index (χ1) is 8.76. The number of benzene rings is 1. The van der Waals surface area contributed by atoms with Gasteiger partial charge in [-0.25, -0.2) is 0 Å². The number of aliphatic hydroxyl groups is 1. The van der Waals surface area contributed by atoms with Crippen molar-refractivity contribution in [2.45, 2.75) is 6.61 Å². The van der Waals surface area contributed by atoms with E-state index in [-0.39, 0.29) is 6.61 Å². The fourth-order valence-corrected chi connectivity index (χ4v) is 1.83. The average Bonchev–Trinajstić information content (AvgIpc) is 2.46. The zero-order chi connectivity index (χ0) is 13.0. The van der Waals surface area contributed by atoms with Gasteiger partial charge in [0, 0.05) is 42.4 Å². The van der Waals surface area contributed by atoms with Gasteiger partial charge in [-0.15, -0.1) is 0 Å². The van der Waals surface area contributed by atoms with Crippen LogP contribution < -0.4 is 9.64 Å². The number of rotatable bonds is 4. The molecule has 1 aromatic heterocycles. The number of hydrogen-bond donors (Lipinski definition) is 1. The lowest BCUT2D eigenvalue weighted by Gasteiger charge is -2.22. The molecule has 2 rings (SSSR count). The summed E-state index contributed by atoms with van der Waals surface area (Å²) in [7, 11) is 3.59. The van der Waals surface area contributed by atoms with E-state index in [9.17, 15) is 5.11 Å². The van der Waals surface area contributed by atoms with Crippen LogP contribution >= 0.6 is 0 Å². The number of ether oxygens (including phenoxy) is 1. The van der Waals surface area contributed by atoms with Crippen molar-refractivity contribution < 1.29 is 9.84 Å². The van der Waals surface area contributed by atoms with Crippen molar-refractivity contribution in [3.63, 3.8) is 0 Å². The molecule has 1 N–H and O–H groups in total. The molecule has 0 radical (unpaired) electrons. The van der Waals surface area contributed by atoms with Crippen LogP contribution in [-0.4, -0.2) is 24.2 Å². The highest BCUT2D eigenvalue weighted by molar-refractivity contribution is 5.66. The lowest BCUT2D eigenvalue weighted by Crippen LogP contribution is -2.12. The molecule has 4 heteroatoms. The summed E-state index contributed by atoms with van der Waals surface area (Å²) in [5.41, 5.74) is 2.72. The van der Waals surface area contributed by atoms with Crippen LogP contribution in [0.5, 0.6) is 5.75 Å². The first-order valence-electron chi connectivity index (χ1n) is 5.68. The highest BCUT2D eigenvalue weighted by atomic mass is 16.5. The zero-order valence-corrected chi connectivity index (χ0v) is 10.5. The van der Waals surface area contributed by atoms with Crippen LogP contribution in [-0.2, 0) is 6.61 Å². The molecule has 94 valence electrons. The van der Waals surface area contributed by atoms with E-state index in [2.05, 4.69) is 4.98 Å². The maximum Gasteiger partial charge on any atom is 0.120 e. The minimum Gasteiger partial charge on any atom is -0.497 e. The molecule has 0 aliphatic carbocycles. The van der Waals surface area contributed by atoms with E-state index in [4.69, 9.17) is 4.74 Å². The lowest BCUT2D eigenvalue weighted by molar-refractivity contribution is 0.282. The fraction of sp³-hybridized carbons (Fsp3) is 0.214. The zero-order valence-electron chi connectivity index (χ0n) is 10.5. The maximum absolute atomic E-state index is 9.32. The first kappa shape index (κ1) is 12.4. The highest BCUT2D eigenvalue weighted by Gasteiger charge is 2.09. The van der Waals surface area contributed by atoms with Crippen LogP contribution in [0.2, 0.25) is 0 Å². The van der Waals surface area contributed by atoms with Gasteiger partial charge in [0.25, 0.3) is 0 Å². The van der Waals surface area contributed by atoms with Gasteiger partial charge in [0.05, 0.1) is 13.7 Å². The third kappa shape index (κ3) is 2.43. The van der Waals surface area contributed by atoms with Gasteiger partial charge in [-0.2, -0.15) is 0 Å². The number of pyridine rings is 1. The van der Waals surface area contributed by atoms with Gasteiger partial charge in [-0.3, -0.25) is 4.98 Å². The molecule has 0 spiro atoms. The van der Waals surface area contributed by atoms with Crippen LogP contribution in [0.3, 0.4) is 0 Å². The Morgan fingerprint density at radius 3 is 2.89 bits per heavy atom. The van der Waals surface area contributed by atoms with Crippen molar-refractivity contribution in [1.29, 1.82) is 0 Å². The number of hydrogen-bond acceptors (Lipinski definition) is 4. The summed E-state index contributed by atoms with van der Waals surface area (Å²) in [6, 6.07) is 9.65. The van der Waals surface area contributed by atoms with E-state index in [1.165, 1.54) is 0 Å². The van der Waals surface area contributed by atoms with Crippen LogP contribution in [0.1, 0.15) is 5.56 Å². The molecule has 1 aromatic carbocycles. The SMILES string of the molecule is COc1cccc(N(C)c2ccncc2CO)c1. The van der Waals surface area contributed by atoms with Crippen LogP contribution in [0.25, 0.3) is 0 Å². The number of anilines is 2. The summed E-state index contributed by atoms with van der Waals surface area (Å²) in [4.78, 5) is 6.01. The fourth-order valence-electron chi connectivity index (χ4n) is 1.83. The van der Waals surface area contributed by atoms with Crippen molar-refractivity contribution in [3.8, 4) is 5.75 Å². The highest BCUT2D eigenvalue weighted by Crippen LogP contribution is 2.28. The predicted octanol–water partition coefficient (Wildman–Crippen LogP) is 2.35. The summed E-state index contributed by atoms with van der Waals surface area (Å²) < 4.78 is 5.21. The molecule has 18 heavy (non-hydrogen) atoms. The second-order valence-electron chi connectivity index (χ2n) is 3.92. The Kier molecular flexibility index (Phi) is 3.79. The second-order valence-corrected chi connectivity index (χ2v) is 3.92. The molecule has 4 nitrogen and oxygen atoms in total. The molecular weight excluding hydrogens is 228 g/mol. The normalized spacial score (nSPS) is 10.2. The summed E-state index contributed by atoms with van der Waals surface area (Å²) in [5.74, 6) is 0.805. The van der Waals surface area contributed by atoms with Gasteiger partial charge in [0.1, 0.15) is 5.75 Å². The smallest absolute Gasteiger partial charge is 0.120 e. The summed E-state index contributed by atoms with van der Waals surface area (Å²) in [6.07, 6.45) is 3.39. The number of methoxy groups -OCH3 is 1. The van der Waals surface area contributed by atoms with Crippen molar-refractivity contribution in [3.05, 3.63) is 48.3 Å².